The van der Waals surface area contributed by atoms with Crippen molar-refractivity contribution in [3.05, 3.63) is 187 Å². The Balaban J connectivity index is 1.09. The summed E-state index contributed by atoms with van der Waals surface area (Å²) in [7, 11) is 0. The number of hydrogen-bond donors (Lipinski definition) is 0. The fourth-order valence-corrected chi connectivity index (χ4v) is 8.24. The van der Waals surface area contributed by atoms with E-state index in [-0.39, 0.29) is 5.41 Å². The standard InChI is InChI=1S/C49H35NO/c1-49(2)44-17-9-6-15-40(44)41-27-26-38(31-45(41)49)50(46-18-10-7-14-39(46)33-12-4-3-5-13-33)37-24-22-32(23-25-37)34-20-21-35-29-43-42-16-8-11-19-47(42)51-48(43)30-36(35)28-34/h3-31H,1-2H3. The zero-order valence-electron chi connectivity index (χ0n) is 28.6. The lowest BCUT2D eigenvalue weighted by molar-refractivity contribution is 0.660. The smallest absolute Gasteiger partial charge is 0.136 e. The summed E-state index contributed by atoms with van der Waals surface area (Å²) >= 11 is 0. The minimum atomic E-state index is -0.0968. The summed E-state index contributed by atoms with van der Waals surface area (Å²) in [5.74, 6) is 0. The van der Waals surface area contributed by atoms with Crippen LogP contribution in [0.2, 0.25) is 0 Å². The molecule has 0 unspecified atom stereocenters. The van der Waals surface area contributed by atoms with Crippen LogP contribution in [0.15, 0.2) is 180 Å². The molecule has 8 aromatic carbocycles. The maximum atomic E-state index is 6.23. The predicted molar refractivity (Wildman–Crippen MR) is 214 cm³/mol. The normalized spacial score (nSPS) is 13.1. The average molecular weight is 654 g/mol. The molecule has 0 fully saturated rings. The van der Waals surface area contributed by atoms with Crippen molar-refractivity contribution < 1.29 is 4.42 Å². The number of furan rings is 1. The van der Waals surface area contributed by atoms with Gasteiger partial charge in [0, 0.05) is 33.1 Å². The number of anilines is 3. The van der Waals surface area contributed by atoms with E-state index in [9.17, 15) is 0 Å². The van der Waals surface area contributed by atoms with E-state index in [4.69, 9.17) is 4.42 Å². The number of para-hydroxylation sites is 2. The Morgan fingerprint density at radius 2 is 1.10 bits per heavy atom. The molecule has 0 aliphatic heterocycles. The van der Waals surface area contributed by atoms with Crippen LogP contribution < -0.4 is 4.90 Å². The Bertz CT molecular complexity index is 2770. The van der Waals surface area contributed by atoms with Gasteiger partial charge in [-0.25, -0.2) is 0 Å². The Morgan fingerprint density at radius 1 is 0.412 bits per heavy atom. The van der Waals surface area contributed by atoms with Crippen molar-refractivity contribution in [2.75, 3.05) is 4.90 Å². The molecule has 10 rings (SSSR count). The lowest BCUT2D eigenvalue weighted by Gasteiger charge is -2.30. The first kappa shape index (κ1) is 29.5. The van der Waals surface area contributed by atoms with E-state index in [1.54, 1.807) is 0 Å². The molecule has 2 heteroatoms. The molecule has 9 aromatic rings. The van der Waals surface area contributed by atoms with E-state index in [1.807, 2.05) is 12.1 Å². The molecule has 51 heavy (non-hydrogen) atoms. The highest BCUT2D eigenvalue weighted by Gasteiger charge is 2.35. The highest BCUT2D eigenvalue weighted by Crippen LogP contribution is 2.51. The monoisotopic (exact) mass is 653 g/mol. The van der Waals surface area contributed by atoms with Gasteiger partial charge in [0.25, 0.3) is 0 Å². The van der Waals surface area contributed by atoms with E-state index >= 15 is 0 Å². The quantitative estimate of drug-likeness (QED) is 0.184. The highest BCUT2D eigenvalue weighted by atomic mass is 16.3. The van der Waals surface area contributed by atoms with Gasteiger partial charge in [0.2, 0.25) is 0 Å². The molecule has 0 saturated heterocycles. The lowest BCUT2D eigenvalue weighted by atomic mass is 9.82. The van der Waals surface area contributed by atoms with Crippen molar-refractivity contribution in [2.45, 2.75) is 19.3 Å². The third-order valence-electron chi connectivity index (χ3n) is 10.8. The number of hydrogen-bond acceptors (Lipinski definition) is 2. The molecule has 0 spiro atoms. The summed E-state index contributed by atoms with van der Waals surface area (Å²) in [6, 6.07) is 63.8. The summed E-state index contributed by atoms with van der Waals surface area (Å²) in [5.41, 5.74) is 15.3. The maximum absolute atomic E-state index is 6.23. The molecular weight excluding hydrogens is 619 g/mol. The van der Waals surface area contributed by atoms with E-state index in [1.165, 1.54) is 55.3 Å². The third kappa shape index (κ3) is 4.71. The molecular formula is C49H35NO. The summed E-state index contributed by atoms with van der Waals surface area (Å²) < 4.78 is 6.23. The van der Waals surface area contributed by atoms with Gasteiger partial charge in [-0.2, -0.15) is 0 Å². The van der Waals surface area contributed by atoms with Gasteiger partial charge < -0.3 is 9.32 Å². The number of rotatable bonds is 5. The molecule has 0 radical (unpaired) electrons. The van der Waals surface area contributed by atoms with E-state index in [0.29, 0.717) is 0 Å². The minimum absolute atomic E-state index is 0.0968. The Labute approximate surface area is 297 Å². The summed E-state index contributed by atoms with van der Waals surface area (Å²) in [5, 5.41) is 4.69. The number of fused-ring (bicyclic) bond motifs is 7. The predicted octanol–water partition coefficient (Wildman–Crippen LogP) is 13.8. The van der Waals surface area contributed by atoms with Gasteiger partial charge in [-0.3, -0.25) is 0 Å². The second-order valence-electron chi connectivity index (χ2n) is 14.2. The number of nitrogens with zero attached hydrogens (tertiary/aromatic N) is 1. The van der Waals surface area contributed by atoms with Gasteiger partial charge in [-0.15, -0.1) is 0 Å². The van der Waals surface area contributed by atoms with Crippen LogP contribution in [0.25, 0.3) is 66.1 Å². The van der Waals surface area contributed by atoms with Crippen molar-refractivity contribution in [3.8, 4) is 33.4 Å². The van der Waals surface area contributed by atoms with Crippen molar-refractivity contribution in [2.24, 2.45) is 0 Å². The Hall–Kier alpha value is -6.38. The molecule has 1 aliphatic rings. The van der Waals surface area contributed by atoms with Gasteiger partial charge in [-0.1, -0.05) is 135 Å². The first-order chi connectivity index (χ1) is 25.0. The molecule has 0 saturated carbocycles. The van der Waals surface area contributed by atoms with Crippen LogP contribution in [0.5, 0.6) is 0 Å². The van der Waals surface area contributed by atoms with Crippen LogP contribution in [-0.2, 0) is 5.41 Å². The molecule has 0 N–H and O–H groups in total. The summed E-state index contributed by atoms with van der Waals surface area (Å²) in [4.78, 5) is 2.42. The fourth-order valence-electron chi connectivity index (χ4n) is 8.24. The van der Waals surface area contributed by atoms with E-state index < -0.39 is 0 Å². The zero-order valence-corrected chi connectivity index (χ0v) is 28.6. The molecule has 0 atom stereocenters. The maximum Gasteiger partial charge on any atom is 0.136 e. The average Bonchev–Trinajstić information content (AvgIpc) is 3.65. The summed E-state index contributed by atoms with van der Waals surface area (Å²) in [6.07, 6.45) is 0. The molecule has 1 aliphatic carbocycles. The van der Waals surface area contributed by atoms with Gasteiger partial charge in [-0.05, 0) is 104 Å². The van der Waals surface area contributed by atoms with Crippen LogP contribution in [-0.4, -0.2) is 0 Å². The molecule has 2 nitrogen and oxygen atoms in total. The molecule has 1 heterocycles. The summed E-state index contributed by atoms with van der Waals surface area (Å²) in [6.45, 7) is 4.70. The molecule has 1 aromatic heterocycles. The van der Waals surface area contributed by atoms with Gasteiger partial charge in [0.15, 0.2) is 0 Å². The van der Waals surface area contributed by atoms with Crippen LogP contribution in [0.4, 0.5) is 17.1 Å². The van der Waals surface area contributed by atoms with Crippen molar-refractivity contribution in [1.29, 1.82) is 0 Å². The fraction of sp³-hybridized carbons (Fsp3) is 0.0612. The van der Waals surface area contributed by atoms with Crippen molar-refractivity contribution in [3.63, 3.8) is 0 Å². The van der Waals surface area contributed by atoms with Crippen molar-refractivity contribution >= 4 is 49.8 Å². The topological polar surface area (TPSA) is 16.4 Å². The first-order valence-corrected chi connectivity index (χ1v) is 17.7. The largest absolute Gasteiger partial charge is 0.456 e. The highest BCUT2D eigenvalue weighted by molar-refractivity contribution is 6.10. The zero-order chi connectivity index (χ0) is 34.1. The van der Waals surface area contributed by atoms with Crippen LogP contribution in [0.3, 0.4) is 0 Å². The van der Waals surface area contributed by atoms with Crippen LogP contribution >= 0.6 is 0 Å². The van der Waals surface area contributed by atoms with Gasteiger partial charge >= 0.3 is 0 Å². The first-order valence-electron chi connectivity index (χ1n) is 17.7. The SMILES string of the molecule is CC1(C)c2ccccc2-c2ccc(N(c3ccc(-c4ccc5cc6c(cc5c4)oc4ccccc46)cc3)c3ccccc3-c3ccccc3)cc21. The van der Waals surface area contributed by atoms with E-state index in [0.717, 1.165) is 39.0 Å². The number of benzene rings is 8. The second kappa shape index (κ2) is 11.3. The lowest BCUT2D eigenvalue weighted by Crippen LogP contribution is -2.16. The van der Waals surface area contributed by atoms with Crippen LogP contribution in [0, 0.1) is 0 Å². The van der Waals surface area contributed by atoms with Gasteiger partial charge in [0.05, 0.1) is 5.69 Å². The minimum Gasteiger partial charge on any atom is -0.456 e. The molecule has 242 valence electrons. The second-order valence-corrected chi connectivity index (χ2v) is 14.2. The van der Waals surface area contributed by atoms with E-state index in [2.05, 4.69) is 183 Å². The van der Waals surface area contributed by atoms with Gasteiger partial charge in [0.1, 0.15) is 11.2 Å². The molecule has 0 amide bonds. The van der Waals surface area contributed by atoms with Crippen molar-refractivity contribution in [1.82, 2.24) is 0 Å². The Kier molecular flexibility index (Phi) is 6.56. The van der Waals surface area contributed by atoms with Crippen LogP contribution in [0.1, 0.15) is 25.0 Å². The third-order valence-corrected chi connectivity index (χ3v) is 10.8. The molecule has 0 bridgehead atoms. The Morgan fingerprint density at radius 3 is 1.96 bits per heavy atom.